The molecule has 152 valence electrons. The van der Waals surface area contributed by atoms with E-state index >= 15 is 0 Å². The highest BCUT2D eigenvalue weighted by Crippen LogP contribution is 2.37. The number of alkyl halides is 3. The van der Waals surface area contributed by atoms with Crippen molar-refractivity contribution >= 4 is 51.2 Å². The van der Waals surface area contributed by atoms with Gasteiger partial charge >= 0.3 is 11.9 Å². The summed E-state index contributed by atoms with van der Waals surface area (Å²) in [5, 5.41) is 16.8. The summed E-state index contributed by atoms with van der Waals surface area (Å²) in [5.41, 5.74) is -0.842. The van der Waals surface area contributed by atoms with E-state index in [0.717, 1.165) is 16.9 Å². The Morgan fingerprint density at radius 2 is 1.79 bits per heavy atom. The molecule has 0 saturated carbocycles. The first-order valence-corrected chi connectivity index (χ1v) is 8.96. The van der Waals surface area contributed by atoms with E-state index in [2.05, 4.69) is 30.6 Å². The summed E-state index contributed by atoms with van der Waals surface area (Å²) in [5.74, 6) is -0.677. The number of pyridine rings is 1. The van der Waals surface area contributed by atoms with Gasteiger partial charge in [-0.25, -0.2) is 19.9 Å². The maximum absolute atomic E-state index is 12.7. The van der Waals surface area contributed by atoms with Crippen LogP contribution >= 0.6 is 22.9 Å². The van der Waals surface area contributed by atoms with Crippen molar-refractivity contribution in [1.29, 1.82) is 0 Å². The number of anilines is 4. The number of nitrogens with zero attached hydrogens (tertiary/aromatic N) is 5. The first kappa shape index (κ1) is 20.7. The Bertz CT molecular complexity index is 1070. The third-order valence-electron chi connectivity index (χ3n) is 3.66. The van der Waals surface area contributed by atoms with Crippen LogP contribution in [0.4, 0.5) is 41.4 Å². The lowest BCUT2D eigenvalue weighted by Crippen LogP contribution is -2.08. The van der Waals surface area contributed by atoms with Crippen LogP contribution in [-0.2, 0) is 6.18 Å². The standard InChI is InChI=1S/C15H11ClF3N7O2S/c1-6-7(2)29-14(23-6)25-13-10(26(27)28)12(21-5-22-13)24-11-9(16)3-8(4-20-11)15(17,18)19/h3-5H,1-2H3,(H2,20,21,22,23,24,25). The fourth-order valence-electron chi connectivity index (χ4n) is 2.16. The number of halogens is 4. The summed E-state index contributed by atoms with van der Waals surface area (Å²) >= 11 is 7.12. The summed E-state index contributed by atoms with van der Waals surface area (Å²) < 4.78 is 38.2. The Balaban J connectivity index is 1.97. The zero-order chi connectivity index (χ0) is 21.3. The second-order valence-electron chi connectivity index (χ2n) is 5.64. The Kier molecular flexibility index (Phi) is 5.53. The molecule has 0 aliphatic carbocycles. The molecule has 2 N–H and O–H groups in total. The third-order valence-corrected chi connectivity index (χ3v) is 4.94. The predicted molar refractivity (Wildman–Crippen MR) is 101 cm³/mol. The molecular weight excluding hydrogens is 435 g/mol. The Morgan fingerprint density at radius 1 is 1.14 bits per heavy atom. The van der Waals surface area contributed by atoms with E-state index in [4.69, 9.17) is 11.6 Å². The second kappa shape index (κ2) is 7.75. The van der Waals surface area contributed by atoms with Gasteiger partial charge in [0.05, 0.1) is 21.2 Å². The highest BCUT2D eigenvalue weighted by molar-refractivity contribution is 7.15. The number of thiazole rings is 1. The van der Waals surface area contributed by atoms with Gasteiger partial charge in [-0.15, -0.1) is 11.3 Å². The second-order valence-corrected chi connectivity index (χ2v) is 7.25. The number of hydrogen-bond donors (Lipinski definition) is 2. The first-order valence-electron chi connectivity index (χ1n) is 7.76. The molecule has 0 spiro atoms. The Morgan fingerprint density at radius 3 is 2.31 bits per heavy atom. The fourth-order valence-corrected chi connectivity index (χ4v) is 3.19. The molecule has 3 aromatic heterocycles. The van der Waals surface area contributed by atoms with Crippen molar-refractivity contribution in [1.82, 2.24) is 19.9 Å². The summed E-state index contributed by atoms with van der Waals surface area (Å²) in [6.45, 7) is 3.63. The van der Waals surface area contributed by atoms with Crippen LogP contribution in [0.1, 0.15) is 16.1 Å². The van der Waals surface area contributed by atoms with Crippen molar-refractivity contribution in [3.8, 4) is 0 Å². The molecule has 0 amide bonds. The zero-order valence-electron chi connectivity index (χ0n) is 14.7. The van der Waals surface area contributed by atoms with Gasteiger partial charge in [-0.1, -0.05) is 11.6 Å². The van der Waals surface area contributed by atoms with Crippen LogP contribution in [0, 0.1) is 24.0 Å². The molecule has 3 heterocycles. The van der Waals surface area contributed by atoms with Crippen LogP contribution in [-0.4, -0.2) is 24.9 Å². The minimum atomic E-state index is -4.63. The fraction of sp³-hybridized carbons (Fsp3) is 0.200. The SMILES string of the molecule is Cc1nc(Nc2ncnc(Nc3ncc(C(F)(F)F)cc3Cl)c2[N+](=O)[O-])sc1C. The van der Waals surface area contributed by atoms with E-state index in [1.165, 1.54) is 11.3 Å². The van der Waals surface area contributed by atoms with Crippen molar-refractivity contribution in [2.24, 2.45) is 0 Å². The maximum Gasteiger partial charge on any atom is 0.417 e. The van der Waals surface area contributed by atoms with E-state index in [9.17, 15) is 23.3 Å². The molecule has 9 nitrogen and oxygen atoms in total. The first-order chi connectivity index (χ1) is 13.6. The topological polar surface area (TPSA) is 119 Å². The number of aromatic nitrogens is 4. The smallest absolute Gasteiger partial charge is 0.318 e. The summed E-state index contributed by atoms with van der Waals surface area (Å²) in [4.78, 5) is 27.3. The van der Waals surface area contributed by atoms with Crippen molar-refractivity contribution in [3.63, 3.8) is 0 Å². The largest absolute Gasteiger partial charge is 0.417 e. The Labute approximate surface area is 170 Å². The van der Waals surface area contributed by atoms with Gasteiger partial charge in [-0.05, 0) is 19.9 Å². The minimum absolute atomic E-state index is 0.149. The van der Waals surface area contributed by atoms with Crippen molar-refractivity contribution in [2.75, 3.05) is 10.6 Å². The van der Waals surface area contributed by atoms with Crippen LogP contribution in [0.25, 0.3) is 0 Å². The van der Waals surface area contributed by atoms with Crippen LogP contribution in [0.3, 0.4) is 0 Å². The van der Waals surface area contributed by atoms with Gasteiger partial charge in [0, 0.05) is 11.1 Å². The normalized spacial score (nSPS) is 11.4. The van der Waals surface area contributed by atoms with Crippen molar-refractivity contribution in [2.45, 2.75) is 20.0 Å². The molecule has 0 bridgehead atoms. The van der Waals surface area contributed by atoms with Crippen LogP contribution < -0.4 is 10.6 Å². The van der Waals surface area contributed by atoms with Gasteiger partial charge < -0.3 is 10.6 Å². The average molecular weight is 446 g/mol. The highest BCUT2D eigenvalue weighted by Gasteiger charge is 2.32. The van der Waals surface area contributed by atoms with Gasteiger partial charge in [-0.2, -0.15) is 13.2 Å². The molecular formula is C15H11ClF3N7O2S. The van der Waals surface area contributed by atoms with Gasteiger partial charge in [0.1, 0.15) is 6.33 Å². The van der Waals surface area contributed by atoms with Gasteiger partial charge in [0.2, 0.25) is 11.6 Å². The van der Waals surface area contributed by atoms with Crippen LogP contribution in [0.15, 0.2) is 18.6 Å². The lowest BCUT2D eigenvalue weighted by Gasteiger charge is -2.11. The molecule has 29 heavy (non-hydrogen) atoms. The molecule has 0 unspecified atom stereocenters. The molecule has 14 heteroatoms. The monoisotopic (exact) mass is 445 g/mol. The molecule has 0 radical (unpaired) electrons. The molecule has 3 rings (SSSR count). The summed E-state index contributed by atoms with van der Waals surface area (Å²) in [6, 6.07) is 0.657. The van der Waals surface area contributed by atoms with Crippen molar-refractivity contribution < 1.29 is 18.1 Å². The van der Waals surface area contributed by atoms with E-state index in [1.807, 2.05) is 6.92 Å². The molecule has 0 atom stereocenters. The van der Waals surface area contributed by atoms with Crippen LogP contribution in [0.5, 0.6) is 0 Å². The summed E-state index contributed by atoms with van der Waals surface area (Å²) in [7, 11) is 0. The number of rotatable bonds is 5. The number of nitrogens with one attached hydrogen (secondary N) is 2. The molecule has 0 aromatic carbocycles. The highest BCUT2D eigenvalue weighted by atomic mass is 35.5. The Hall–Kier alpha value is -3.06. The van der Waals surface area contributed by atoms with Crippen molar-refractivity contribution in [3.05, 3.63) is 49.9 Å². The van der Waals surface area contributed by atoms with Crippen LogP contribution in [0.2, 0.25) is 5.02 Å². The zero-order valence-corrected chi connectivity index (χ0v) is 16.3. The van der Waals surface area contributed by atoms with E-state index < -0.39 is 22.4 Å². The molecule has 0 aliphatic heterocycles. The molecule has 0 saturated heterocycles. The van der Waals surface area contributed by atoms with E-state index in [0.29, 0.717) is 17.4 Å². The van der Waals surface area contributed by atoms with Gasteiger partial charge in [-0.3, -0.25) is 10.1 Å². The van der Waals surface area contributed by atoms with E-state index in [1.54, 1.807) is 6.92 Å². The lowest BCUT2D eigenvalue weighted by molar-refractivity contribution is -0.383. The van der Waals surface area contributed by atoms with Gasteiger partial charge in [0.25, 0.3) is 0 Å². The third kappa shape index (κ3) is 4.51. The average Bonchev–Trinajstić information content (AvgIpc) is 2.93. The molecule has 0 aliphatic rings. The van der Waals surface area contributed by atoms with E-state index in [-0.39, 0.29) is 22.5 Å². The maximum atomic E-state index is 12.7. The lowest BCUT2D eigenvalue weighted by atomic mass is 10.2. The molecule has 3 aromatic rings. The summed E-state index contributed by atoms with van der Waals surface area (Å²) in [6.07, 6.45) is -3.03. The van der Waals surface area contributed by atoms with Gasteiger partial charge in [0.15, 0.2) is 10.9 Å². The number of nitro groups is 1. The number of aryl methyl sites for hydroxylation is 2. The molecule has 0 fully saturated rings. The minimum Gasteiger partial charge on any atom is -0.318 e. The predicted octanol–water partition coefficient (Wildman–Crippen LogP) is 5.01. The number of hydrogen-bond acceptors (Lipinski definition) is 9. The quantitative estimate of drug-likeness (QED) is 0.415.